The summed E-state index contributed by atoms with van der Waals surface area (Å²) in [6, 6.07) is 0. The fourth-order valence-electron chi connectivity index (χ4n) is 1.32. The van der Waals surface area contributed by atoms with E-state index in [1.165, 1.54) is 12.0 Å². The van der Waals surface area contributed by atoms with Gasteiger partial charge in [-0.15, -0.1) is 0 Å². The van der Waals surface area contributed by atoms with Crippen molar-refractivity contribution >= 4 is 0 Å². The largest absolute Gasteiger partial charge is 0.378 e. The molecular formula is C10H19NO. The van der Waals surface area contributed by atoms with Crippen molar-refractivity contribution in [1.82, 2.24) is 5.32 Å². The zero-order valence-electron chi connectivity index (χ0n) is 8.10. The standard InChI is InChI=1S/C10H19NO/c1-9(2)12-7-5-10-4-3-6-11-8-10/h4,9,11H,3,5-8H2,1-2H3. The van der Waals surface area contributed by atoms with Crippen molar-refractivity contribution in [3.05, 3.63) is 11.6 Å². The molecule has 0 fully saturated rings. The van der Waals surface area contributed by atoms with Crippen LogP contribution in [0.3, 0.4) is 0 Å². The smallest absolute Gasteiger partial charge is 0.0519 e. The molecule has 2 nitrogen and oxygen atoms in total. The van der Waals surface area contributed by atoms with Crippen molar-refractivity contribution in [1.29, 1.82) is 0 Å². The highest BCUT2D eigenvalue weighted by Gasteiger charge is 2.02. The number of hydrogen-bond acceptors (Lipinski definition) is 2. The molecule has 0 spiro atoms. The second-order valence-electron chi connectivity index (χ2n) is 3.50. The van der Waals surface area contributed by atoms with Gasteiger partial charge in [0, 0.05) is 6.54 Å². The molecule has 0 radical (unpaired) electrons. The molecule has 70 valence electrons. The van der Waals surface area contributed by atoms with Gasteiger partial charge in [-0.25, -0.2) is 0 Å². The van der Waals surface area contributed by atoms with Crippen LogP contribution in [0.25, 0.3) is 0 Å². The molecule has 0 aromatic carbocycles. The third kappa shape index (κ3) is 3.88. The van der Waals surface area contributed by atoms with Crippen LogP contribution in [0.5, 0.6) is 0 Å². The van der Waals surface area contributed by atoms with E-state index in [-0.39, 0.29) is 0 Å². The second-order valence-corrected chi connectivity index (χ2v) is 3.50. The van der Waals surface area contributed by atoms with Gasteiger partial charge in [0.25, 0.3) is 0 Å². The molecular weight excluding hydrogens is 150 g/mol. The van der Waals surface area contributed by atoms with Gasteiger partial charge in [0.05, 0.1) is 12.7 Å². The molecule has 0 amide bonds. The van der Waals surface area contributed by atoms with Gasteiger partial charge < -0.3 is 10.1 Å². The fourth-order valence-corrected chi connectivity index (χ4v) is 1.32. The highest BCUT2D eigenvalue weighted by atomic mass is 16.5. The van der Waals surface area contributed by atoms with E-state index in [1.807, 2.05) is 0 Å². The van der Waals surface area contributed by atoms with Crippen LogP contribution in [-0.4, -0.2) is 25.8 Å². The van der Waals surface area contributed by atoms with E-state index >= 15 is 0 Å². The lowest BCUT2D eigenvalue weighted by molar-refractivity contribution is 0.0809. The van der Waals surface area contributed by atoms with Gasteiger partial charge in [0.2, 0.25) is 0 Å². The summed E-state index contributed by atoms with van der Waals surface area (Å²) in [5, 5.41) is 3.35. The summed E-state index contributed by atoms with van der Waals surface area (Å²) in [5.74, 6) is 0. The maximum absolute atomic E-state index is 5.48. The molecule has 2 heteroatoms. The summed E-state index contributed by atoms with van der Waals surface area (Å²) < 4.78 is 5.48. The zero-order chi connectivity index (χ0) is 8.81. The molecule has 12 heavy (non-hydrogen) atoms. The molecule has 0 saturated carbocycles. The van der Waals surface area contributed by atoms with E-state index in [0.29, 0.717) is 6.10 Å². The quantitative estimate of drug-likeness (QED) is 0.647. The molecule has 0 aromatic heterocycles. The van der Waals surface area contributed by atoms with Crippen molar-refractivity contribution in [2.24, 2.45) is 0 Å². The van der Waals surface area contributed by atoms with Crippen LogP contribution < -0.4 is 5.32 Å². The van der Waals surface area contributed by atoms with E-state index < -0.39 is 0 Å². The van der Waals surface area contributed by atoms with E-state index in [1.54, 1.807) is 0 Å². The molecule has 1 aliphatic rings. The fraction of sp³-hybridized carbons (Fsp3) is 0.800. The van der Waals surface area contributed by atoms with Crippen LogP contribution in [0.4, 0.5) is 0 Å². The Labute approximate surface area is 75.0 Å². The first-order chi connectivity index (χ1) is 5.79. The summed E-state index contributed by atoms with van der Waals surface area (Å²) in [6.07, 6.45) is 4.96. The number of hydrogen-bond donors (Lipinski definition) is 1. The molecule has 0 aliphatic carbocycles. The Morgan fingerprint density at radius 1 is 1.58 bits per heavy atom. The van der Waals surface area contributed by atoms with E-state index in [9.17, 15) is 0 Å². The van der Waals surface area contributed by atoms with Crippen molar-refractivity contribution in [3.63, 3.8) is 0 Å². The summed E-state index contributed by atoms with van der Waals surface area (Å²) in [4.78, 5) is 0. The van der Waals surface area contributed by atoms with Gasteiger partial charge >= 0.3 is 0 Å². The first-order valence-corrected chi connectivity index (χ1v) is 4.79. The topological polar surface area (TPSA) is 21.3 Å². The Morgan fingerprint density at radius 2 is 2.42 bits per heavy atom. The van der Waals surface area contributed by atoms with Crippen molar-refractivity contribution in [2.45, 2.75) is 32.8 Å². The van der Waals surface area contributed by atoms with Crippen molar-refractivity contribution in [3.8, 4) is 0 Å². The summed E-state index contributed by atoms with van der Waals surface area (Å²) in [5.41, 5.74) is 1.50. The third-order valence-electron chi connectivity index (χ3n) is 1.98. The maximum atomic E-state index is 5.48. The van der Waals surface area contributed by atoms with Crippen molar-refractivity contribution < 1.29 is 4.74 Å². The predicted molar refractivity (Wildman–Crippen MR) is 51.3 cm³/mol. The Kier molecular flexibility index (Phi) is 4.33. The Hall–Kier alpha value is -0.340. The third-order valence-corrected chi connectivity index (χ3v) is 1.98. The SMILES string of the molecule is CC(C)OCCC1=CCCNC1. The molecule has 1 rings (SSSR count). The highest BCUT2D eigenvalue weighted by molar-refractivity contribution is 5.07. The Morgan fingerprint density at radius 3 is 3.00 bits per heavy atom. The van der Waals surface area contributed by atoms with Crippen LogP contribution in [0.15, 0.2) is 11.6 Å². The van der Waals surface area contributed by atoms with Gasteiger partial charge in [-0.3, -0.25) is 0 Å². The molecule has 0 bridgehead atoms. The minimum Gasteiger partial charge on any atom is -0.378 e. The molecule has 0 saturated heterocycles. The minimum atomic E-state index is 0.363. The highest BCUT2D eigenvalue weighted by Crippen LogP contribution is 2.06. The normalized spacial score (nSPS) is 18.1. The average Bonchev–Trinajstić information content (AvgIpc) is 2.05. The lowest BCUT2D eigenvalue weighted by Gasteiger charge is -2.14. The minimum absolute atomic E-state index is 0.363. The zero-order valence-corrected chi connectivity index (χ0v) is 8.10. The average molecular weight is 169 g/mol. The van der Waals surface area contributed by atoms with Gasteiger partial charge in [0.1, 0.15) is 0 Å². The van der Waals surface area contributed by atoms with Crippen LogP contribution in [0.1, 0.15) is 26.7 Å². The predicted octanol–water partition coefficient (Wildman–Crippen LogP) is 1.72. The van der Waals surface area contributed by atoms with Gasteiger partial charge in [-0.2, -0.15) is 0 Å². The maximum Gasteiger partial charge on any atom is 0.0519 e. The monoisotopic (exact) mass is 169 g/mol. The molecule has 1 heterocycles. The van der Waals surface area contributed by atoms with Gasteiger partial charge in [-0.1, -0.05) is 11.6 Å². The summed E-state index contributed by atoms with van der Waals surface area (Å²) in [6.45, 7) is 7.21. The van der Waals surface area contributed by atoms with Gasteiger partial charge in [0.15, 0.2) is 0 Å². The lowest BCUT2D eigenvalue weighted by atomic mass is 10.1. The molecule has 0 aromatic rings. The van der Waals surface area contributed by atoms with E-state index in [4.69, 9.17) is 4.74 Å². The van der Waals surface area contributed by atoms with Crippen LogP contribution in [-0.2, 0) is 4.74 Å². The lowest BCUT2D eigenvalue weighted by Crippen LogP contribution is -2.23. The second kappa shape index (κ2) is 5.33. The van der Waals surface area contributed by atoms with Gasteiger partial charge in [-0.05, 0) is 33.2 Å². The number of nitrogens with one attached hydrogen (secondary N) is 1. The van der Waals surface area contributed by atoms with Crippen LogP contribution in [0.2, 0.25) is 0 Å². The first-order valence-electron chi connectivity index (χ1n) is 4.79. The van der Waals surface area contributed by atoms with E-state index in [2.05, 4.69) is 25.2 Å². The summed E-state index contributed by atoms with van der Waals surface area (Å²) >= 11 is 0. The summed E-state index contributed by atoms with van der Waals surface area (Å²) in [7, 11) is 0. The van der Waals surface area contributed by atoms with Crippen LogP contribution >= 0.6 is 0 Å². The number of rotatable bonds is 4. The Balaban J connectivity index is 2.09. The van der Waals surface area contributed by atoms with Crippen molar-refractivity contribution in [2.75, 3.05) is 19.7 Å². The Bertz CT molecular complexity index is 152. The molecule has 0 atom stereocenters. The molecule has 1 aliphatic heterocycles. The molecule has 1 N–H and O–H groups in total. The first kappa shape index (κ1) is 9.75. The van der Waals surface area contributed by atoms with Crippen LogP contribution in [0, 0.1) is 0 Å². The van der Waals surface area contributed by atoms with E-state index in [0.717, 1.165) is 26.1 Å². The number of ether oxygens (including phenoxy) is 1. The molecule has 0 unspecified atom stereocenters.